The third-order valence-corrected chi connectivity index (χ3v) is 3.56. The number of hydrogen-bond acceptors (Lipinski definition) is 2. The van der Waals surface area contributed by atoms with E-state index in [-0.39, 0.29) is 5.82 Å². The summed E-state index contributed by atoms with van der Waals surface area (Å²) in [5.41, 5.74) is 1.89. The number of carbonyl (C=O) groups is 1. The number of hydrogen-bond donors (Lipinski definition) is 1. The Morgan fingerprint density at radius 3 is 2.95 bits per heavy atom. The third-order valence-electron chi connectivity index (χ3n) is 3.56. The first-order valence-electron chi connectivity index (χ1n) is 6.23. The fourth-order valence-corrected chi connectivity index (χ4v) is 2.64. The summed E-state index contributed by atoms with van der Waals surface area (Å²) in [5.74, 6) is -1.72. The summed E-state index contributed by atoms with van der Waals surface area (Å²) in [4.78, 5) is 11.2. The first kappa shape index (κ1) is 11.9. The molecule has 0 bridgehead atoms. The maximum atomic E-state index is 13.8. The van der Waals surface area contributed by atoms with Gasteiger partial charge >= 0.3 is 5.97 Å². The van der Waals surface area contributed by atoms with Gasteiger partial charge in [-0.25, -0.2) is 9.07 Å². The Hall–Kier alpha value is -2.17. The van der Waals surface area contributed by atoms with E-state index in [0.29, 0.717) is 17.7 Å². The molecule has 1 aliphatic rings. The van der Waals surface area contributed by atoms with Crippen molar-refractivity contribution < 1.29 is 14.3 Å². The molecule has 0 fully saturated rings. The van der Waals surface area contributed by atoms with Crippen LogP contribution in [0.5, 0.6) is 0 Å². The molecular formula is C14H13FN2O2. The monoisotopic (exact) mass is 260 g/mol. The Morgan fingerprint density at radius 2 is 2.21 bits per heavy atom. The smallest absolute Gasteiger partial charge is 0.311 e. The molecule has 1 heterocycles. The van der Waals surface area contributed by atoms with Gasteiger partial charge in [-0.1, -0.05) is 12.1 Å². The highest BCUT2D eigenvalue weighted by atomic mass is 19.1. The van der Waals surface area contributed by atoms with E-state index in [4.69, 9.17) is 0 Å². The minimum Gasteiger partial charge on any atom is -0.481 e. The second-order valence-corrected chi connectivity index (χ2v) is 4.69. The number of nitrogens with zero attached hydrogens (tertiary/aromatic N) is 2. The van der Waals surface area contributed by atoms with Crippen molar-refractivity contribution in [3.63, 3.8) is 0 Å². The van der Waals surface area contributed by atoms with Crippen molar-refractivity contribution in [2.45, 2.75) is 25.2 Å². The van der Waals surface area contributed by atoms with Crippen LogP contribution in [0.15, 0.2) is 30.5 Å². The first-order chi connectivity index (χ1) is 9.18. The number of carboxylic acid groups (broad SMARTS) is 1. The topological polar surface area (TPSA) is 55.1 Å². The summed E-state index contributed by atoms with van der Waals surface area (Å²) in [7, 11) is 0. The molecule has 0 amide bonds. The largest absolute Gasteiger partial charge is 0.481 e. The summed E-state index contributed by atoms with van der Waals surface area (Å²) in [5, 5.41) is 13.4. The predicted octanol–water partition coefficient (Wildman–Crippen LogP) is 2.52. The molecule has 0 saturated carbocycles. The SMILES string of the molecule is O=C(O)[C@H]1CCCc2c1cnn2-c1ccccc1F. The van der Waals surface area contributed by atoms with Crippen molar-refractivity contribution >= 4 is 5.97 Å². The molecule has 0 saturated heterocycles. The van der Waals surface area contributed by atoms with E-state index < -0.39 is 11.9 Å². The van der Waals surface area contributed by atoms with Gasteiger partial charge in [0.05, 0.1) is 12.1 Å². The van der Waals surface area contributed by atoms with Gasteiger partial charge in [0.15, 0.2) is 0 Å². The molecule has 4 nitrogen and oxygen atoms in total. The zero-order chi connectivity index (χ0) is 13.4. The lowest BCUT2D eigenvalue weighted by Crippen LogP contribution is -2.18. The van der Waals surface area contributed by atoms with E-state index in [1.165, 1.54) is 10.7 Å². The lowest BCUT2D eigenvalue weighted by molar-refractivity contribution is -0.139. The van der Waals surface area contributed by atoms with Crippen molar-refractivity contribution in [1.29, 1.82) is 0 Å². The molecule has 5 heteroatoms. The van der Waals surface area contributed by atoms with E-state index in [2.05, 4.69) is 5.10 Å². The second-order valence-electron chi connectivity index (χ2n) is 4.69. The molecule has 0 aliphatic heterocycles. The van der Waals surface area contributed by atoms with Crippen LogP contribution in [0.2, 0.25) is 0 Å². The van der Waals surface area contributed by atoms with Crippen LogP contribution in [0.3, 0.4) is 0 Å². The van der Waals surface area contributed by atoms with Crippen LogP contribution in [0, 0.1) is 5.82 Å². The lowest BCUT2D eigenvalue weighted by Gasteiger charge is -2.19. The fraction of sp³-hybridized carbons (Fsp3) is 0.286. The van der Waals surface area contributed by atoms with Crippen LogP contribution >= 0.6 is 0 Å². The van der Waals surface area contributed by atoms with Crippen LogP contribution in [-0.2, 0) is 11.2 Å². The predicted molar refractivity (Wildman–Crippen MR) is 66.8 cm³/mol. The maximum Gasteiger partial charge on any atom is 0.311 e. The number of aromatic nitrogens is 2. The second kappa shape index (κ2) is 4.50. The lowest BCUT2D eigenvalue weighted by atomic mass is 9.87. The summed E-state index contributed by atoms with van der Waals surface area (Å²) in [6, 6.07) is 6.38. The van der Waals surface area contributed by atoms with Gasteiger partial charge in [0.1, 0.15) is 11.5 Å². The zero-order valence-corrected chi connectivity index (χ0v) is 10.2. The Balaban J connectivity index is 2.11. The molecule has 98 valence electrons. The van der Waals surface area contributed by atoms with Crippen molar-refractivity contribution in [2.24, 2.45) is 0 Å². The van der Waals surface area contributed by atoms with Crippen LogP contribution in [0.1, 0.15) is 30.0 Å². The van der Waals surface area contributed by atoms with Gasteiger partial charge in [-0.2, -0.15) is 5.10 Å². The number of aliphatic carboxylic acids is 1. The Kier molecular flexibility index (Phi) is 2.81. The van der Waals surface area contributed by atoms with Crippen LogP contribution in [0.4, 0.5) is 4.39 Å². The van der Waals surface area contributed by atoms with Gasteiger partial charge < -0.3 is 5.11 Å². The van der Waals surface area contributed by atoms with Gasteiger partial charge in [-0.15, -0.1) is 0 Å². The zero-order valence-electron chi connectivity index (χ0n) is 10.2. The molecule has 0 spiro atoms. The van der Waals surface area contributed by atoms with Gasteiger partial charge in [-0.3, -0.25) is 4.79 Å². The Morgan fingerprint density at radius 1 is 1.42 bits per heavy atom. The van der Waals surface area contributed by atoms with Crippen molar-refractivity contribution in [2.75, 3.05) is 0 Å². The van der Waals surface area contributed by atoms with Gasteiger partial charge in [0.2, 0.25) is 0 Å². The van der Waals surface area contributed by atoms with Crippen molar-refractivity contribution in [3.8, 4) is 5.69 Å². The molecule has 1 atom stereocenters. The van der Waals surface area contributed by atoms with E-state index in [1.54, 1.807) is 24.4 Å². The molecule has 3 rings (SSSR count). The van der Waals surface area contributed by atoms with E-state index in [1.807, 2.05) is 0 Å². The molecule has 0 radical (unpaired) electrons. The normalized spacial score (nSPS) is 18.1. The quantitative estimate of drug-likeness (QED) is 0.902. The molecule has 1 aromatic heterocycles. The maximum absolute atomic E-state index is 13.8. The number of fused-ring (bicyclic) bond motifs is 1. The molecule has 1 aromatic carbocycles. The van der Waals surface area contributed by atoms with E-state index in [0.717, 1.165) is 18.5 Å². The highest BCUT2D eigenvalue weighted by Crippen LogP contribution is 2.33. The summed E-state index contributed by atoms with van der Waals surface area (Å²) >= 11 is 0. The average molecular weight is 260 g/mol. The van der Waals surface area contributed by atoms with Crippen molar-refractivity contribution in [1.82, 2.24) is 9.78 Å². The highest BCUT2D eigenvalue weighted by Gasteiger charge is 2.29. The number of rotatable bonds is 2. The van der Waals surface area contributed by atoms with Crippen LogP contribution < -0.4 is 0 Å². The van der Waals surface area contributed by atoms with Gasteiger partial charge in [0.25, 0.3) is 0 Å². The standard InChI is InChI=1S/C14H13FN2O2/c15-11-5-1-2-6-13(11)17-12-7-3-4-9(14(18)19)10(12)8-16-17/h1-2,5-6,8-9H,3-4,7H2,(H,18,19)/t9-/m0/s1. The van der Waals surface area contributed by atoms with Gasteiger partial charge in [-0.05, 0) is 31.4 Å². The highest BCUT2D eigenvalue weighted by molar-refractivity contribution is 5.76. The van der Waals surface area contributed by atoms with E-state index >= 15 is 0 Å². The van der Waals surface area contributed by atoms with Gasteiger partial charge in [0, 0.05) is 11.3 Å². The number of benzene rings is 1. The summed E-state index contributed by atoms with van der Waals surface area (Å²) in [6.07, 6.45) is 3.68. The average Bonchev–Trinajstić information content (AvgIpc) is 2.82. The minimum atomic E-state index is -0.839. The van der Waals surface area contributed by atoms with Crippen LogP contribution in [0.25, 0.3) is 5.69 Å². The molecule has 19 heavy (non-hydrogen) atoms. The Bertz CT molecular complexity index is 636. The van der Waals surface area contributed by atoms with Crippen molar-refractivity contribution in [3.05, 3.63) is 47.5 Å². The first-order valence-corrected chi connectivity index (χ1v) is 6.23. The summed E-state index contributed by atoms with van der Waals surface area (Å²) in [6.45, 7) is 0. The van der Waals surface area contributed by atoms with E-state index in [9.17, 15) is 14.3 Å². The minimum absolute atomic E-state index is 0.356. The molecule has 1 aliphatic carbocycles. The molecule has 2 aromatic rings. The fourth-order valence-electron chi connectivity index (χ4n) is 2.64. The number of halogens is 1. The molecule has 1 N–H and O–H groups in total. The Labute approximate surface area is 109 Å². The number of carboxylic acids is 1. The molecule has 0 unspecified atom stereocenters. The molecular weight excluding hydrogens is 247 g/mol. The van der Waals surface area contributed by atoms with Crippen LogP contribution in [-0.4, -0.2) is 20.9 Å². The third kappa shape index (κ3) is 1.91. The summed E-state index contributed by atoms with van der Waals surface area (Å²) < 4.78 is 15.3. The number of para-hydroxylation sites is 1.